The van der Waals surface area contributed by atoms with Crippen LogP contribution in [0.4, 0.5) is 17.1 Å². The fourth-order valence-corrected chi connectivity index (χ4v) is 6.00. The summed E-state index contributed by atoms with van der Waals surface area (Å²) in [6.45, 7) is 12.5. The molecule has 2 aromatic heterocycles. The molecule has 0 saturated carbocycles. The lowest BCUT2D eigenvalue weighted by Crippen LogP contribution is -2.30. The first kappa shape index (κ1) is 31.4. The number of aromatic amines is 2. The standard InChI is InChI=1S/C41H40N8/c1-25(2)43-27(5)30-15-21-35-37(23-30)47-40(45-35)28-11-17-33(18-12-28)49(32-9-7-6-8-10-32)34-19-13-29(14-20-34)41-46-36-22-16-31(24-38(36)48-41)39(42)44-26(3)4/h6-26,43H,5H2,1-4H3,(H2,42,44)(H,45,47)(H,46,48). The van der Waals surface area contributed by atoms with Crippen LogP contribution in [-0.2, 0) is 0 Å². The maximum Gasteiger partial charge on any atom is 0.138 e. The van der Waals surface area contributed by atoms with E-state index in [1.54, 1.807) is 0 Å². The largest absolute Gasteiger partial charge is 0.383 e. The quantitative estimate of drug-likeness (QED) is 0.0753. The second-order valence-electron chi connectivity index (χ2n) is 12.9. The van der Waals surface area contributed by atoms with E-state index in [9.17, 15) is 0 Å². The zero-order valence-electron chi connectivity index (χ0n) is 28.2. The van der Waals surface area contributed by atoms with E-state index in [4.69, 9.17) is 15.4 Å². The van der Waals surface area contributed by atoms with E-state index in [0.717, 1.165) is 78.7 Å². The number of rotatable bonds is 10. The summed E-state index contributed by atoms with van der Waals surface area (Å²) >= 11 is 0. The van der Waals surface area contributed by atoms with Crippen molar-refractivity contribution in [2.45, 2.75) is 39.8 Å². The number of hydrogen-bond acceptors (Lipinski definition) is 5. The predicted molar refractivity (Wildman–Crippen MR) is 204 cm³/mol. The summed E-state index contributed by atoms with van der Waals surface area (Å²) in [4.78, 5) is 18.9. The van der Waals surface area contributed by atoms with Crippen molar-refractivity contribution in [2.24, 2.45) is 0 Å². The molecular formula is C41H40N8. The SMILES string of the molecule is C=C(NC(C)C)c1ccc2nc(-c3ccc(N(c4ccccc4)c4ccc(-c5nc6ccc(C(=N)NC(C)C)cc6[nH]5)cc4)cc3)[nH]c2c1. The molecular weight excluding hydrogens is 605 g/mol. The molecule has 5 N–H and O–H groups in total. The highest BCUT2D eigenvalue weighted by atomic mass is 15.1. The molecule has 0 spiro atoms. The molecule has 2 heterocycles. The molecule has 8 nitrogen and oxygen atoms in total. The number of hydrogen-bond donors (Lipinski definition) is 5. The molecule has 0 aliphatic carbocycles. The average molecular weight is 645 g/mol. The fraction of sp³-hybridized carbons (Fsp3) is 0.146. The van der Waals surface area contributed by atoms with Crippen LogP contribution < -0.4 is 15.5 Å². The third-order valence-corrected chi connectivity index (χ3v) is 8.31. The highest BCUT2D eigenvalue weighted by Crippen LogP contribution is 2.36. The van der Waals surface area contributed by atoms with Crippen LogP contribution in [0.25, 0.3) is 50.5 Å². The van der Waals surface area contributed by atoms with E-state index in [1.165, 1.54) is 0 Å². The Morgan fingerprint density at radius 3 is 1.59 bits per heavy atom. The first-order valence-corrected chi connectivity index (χ1v) is 16.6. The second kappa shape index (κ2) is 13.2. The van der Waals surface area contributed by atoms with Crippen molar-refractivity contribution in [3.63, 3.8) is 0 Å². The molecule has 0 aliphatic rings. The molecule has 0 atom stereocenters. The van der Waals surface area contributed by atoms with Crippen LogP contribution in [-0.4, -0.2) is 37.9 Å². The van der Waals surface area contributed by atoms with Gasteiger partial charge >= 0.3 is 0 Å². The van der Waals surface area contributed by atoms with Crippen LogP contribution >= 0.6 is 0 Å². The Morgan fingerprint density at radius 1 is 0.612 bits per heavy atom. The number of aromatic nitrogens is 4. The molecule has 0 aliphatic heterocycles. The number of para-hydroxylation sites is 1. The minimum atomic E-state index is 0.191. The van der Waals surface area contributed by atoms with Gasteiger partial charge in [0.2, 0.25) is 0 Å². The van der Waals surface area contributed by atoms with Gasteiger partial charge in [-0.25, -0.2) is 9.97 Å². The van der Waals surface area contributed by atoms with Crippen LogP contribution in [0, 0.1) is 5.41 Å². The highest BCUT2D eigenvalue weighted by Gasteiger charge is 2.15. The van der Waals surface area contributed by atoms with Gasteiger partial charge in [0.25, 0.3) is 0 Å². The number of H-pyrrole nitrogens is 2. The summed E-state index contributed by atoms with van der Waals surface area (Å²) in [5.74, 6) is 2.01. The lowest BCUT2D eigenvalue weighted by Gasteiger charge is -2.25. The normalized spacial score (nSPS) is 11.4. The molecule has 0 bridgehead atoms. The Balaban J connectivity index is 1.16. The van der Waals surface area contributed by atoms with Gasteiger partial charge in [0.05, 0.1) is 22.1 Å². The van der Waals surface area contributed by atoms with Gasteiger partial charge in [-0.05, 0) is 124 Å². The summed E-state index contributed by atoms with van der Waals surface area (Å²) in [5.41, 5.74) is 11.5. The molecule has 0 radical (unpaired) electrons. The summed E-state index contributed by atoms with van der Waals surface area (Å²) in [6.07, 6.45) is 0. The Hall–Kier alpha value is -6.15. The fourth-order valence-electron chi connectivity index (χ4n) is 6.00. The number of anilines is 3. The van der Waals surface area contributed by atoms with Crippen molar-refractivity contribution >= 4 is 50.7 Å². The number of amidine groups is 1. The maximum absolute atomic E-state index is 8.37. The maximum atomic E-state index is 8.37. The summed E-state index contributed by atoms with van der Waals surface area (Å²) in [5, 5.41) is 14.9. The molecule has 0 saturated heterocycles. The zero-order chi connectivity index (χ0) is 34.1. The molecule has 7 aromatic rings. The van der Waals surface area contributed by atoms with Crippen LogP contribution in [0.2, 0.25) is 0 Å². The molecule has 7 rings (SSSR count). The van der Waals surface area contributed by atoms with E-state index in [0.29, 0.717) is 11.9 Å². The summed E-state index contributed by atoms with van der Waals surface area (Å²) in [6, 6.07) is 39.8. The molecule has 0 amide bonds. The van der Waals surface area contributed by atoms with Gasteiger partial charge in [-0.15, -0.1) is 0 Å². The van der Waals surface area contributed by atoms with Gasteiger partial charge in [-0.1, -0.05) is 30.8 Å². The Morgan fingerprint density at radius 2 is 1.08 bits per heavy atom. The number of fused-ring (bicyclic) bond motifs is 2. The van der Waals surface area contributed by atoms with Gasteiger partial charge in [0.1, 0.15) is 17.5 Å². The second-order valence-corrected chi connectivity index (χ2v) is 12.9. The number of nitrogens with zero attached hydrogens (tertiary/aromatic N) is 3. The highest BCUT2D eigenvalue weighted by molar-refractivity contribution is 5.99. The number of benzene rings is 5. The molecule has 5 aromatic carbocycles. The summed E-state index contributed by atoms with van der Waals surface area (Å²) in [7, 11) is 0. The van der Waals surface area contributed by atoms with E-state index >= 15 is 0 Å². The van der Waals surface area contributed by atoms with Gasteiger partial charge in [0, 0.05) is 51.5 Å². The van der Waals surface area contributed by atoms with Crippen molar-refractivity contribution in [1.82, 2.24) is 30.6 Å². The smallest absolute Gasteiger partial charge is 0.138 e. The van der Waals surface area contributed by atoms with Gasteiger partial charge < -0.3 is 25.5 Å². The van der Waals surface area contributed by atoms with Crippen LogP contribution in [0.1, 0.15) is 38.8 Å². The molecule has 0 unspecified atom stereocenters. The van der Waals surface area contributed by atoms with Crippen LogP contribution in [0.15, 0.2) is 122 Å². The van der Waals surface area contributed by atoms with Crippen molar-refractivity contribution in [3.05, 3.63) is 133 Å². The van der Waals surface area contributed by atoms with Gasteiger partial charge in [-0.2, -0.15) is 0 Å². The first-order valence-electron chi connectivity index (χ1n) is 16.6. The number of imidazole rings is 2. The monoisotopic (exact) mass is 644 g/mol. The Kier molecular flexibility index (Phi) is 8.45. The number of nitrogens with one attached hydrogen (secondary N) is 5. The summed E-state index contributed by atoms with van der Waals surface area (Å²) < 4.78 is 0. The molecule has 244 valence electrons. The predicted octanol–water partition coefficient (Wildman–Crippen LogP) is 9.54. The van der Waals surface area contributed by atoms with E-state index in [-0.39, 0.29) is 6.04 Å². The van der Waals surface area contributed by atoms with Crippen LogP contribution in [0.5, 0.6) is 0 Å². The Bertz CT molecular complexity index is 2120. The topological polar surface area (TPSA) is 109 Å². The Labute approximate surface area is 286 Å². The van der Waals surface area contributed by atoms with Crippen molar-refractivity contribution < 1.29 is 0 Å². The molecule has 0 fully saturated rings. The third kappa shape index (κ3) is 6.67. The minimum Gasteiger partial charge on any atom is -0.383 e. The third-order valence-electron chi connectivity index (χ3n) is 8.31. The van der Waals surface area contributed by atoms with Crippen LogP contribution in [0.3, 0.4) is 0 Å². The van der Waals surface area contributed by atoms with E-state index < -0.39 is 0 Å². The zero-order valence-corrected chi connectivity index (χ0v) is 28.2. The van der Waals surface area contributed by atoms with E-state index in [1.807, 2.05) is 44.2 Å². The van der Waals surface area contributed by atoms with Gasteiger partial charge in [0.15, 0.2) is 0 Å². The van der Waals surface area contributed by atoms with E-state index in [2.05, 4.69) is 131 Å². The first-order chi connectivity index (χ1) is 23.7. The van der Waals surface area contributed by atoms with Crippen molar-refractivity contribution in [3.8, 4) is 22.8 Å². The average Bonchev–Trinajstić information content (AvgIpc) is 3.73. The lowest BCUT2D eigenvalue weighted by atomic mass is 10.1. The lowest BCUT2D eigenvalue weighted by molar-refractivity contribution is 0.718. The van der Waals surface area contributed by atoms with Gasteiger partial charge in [-0.3, -0.25) is 5.41 Å². The minimum absolute atomic E-state index is 0.191. The van der Waals surface area contributed by atoms with Crippen molar-refractivity contribution in [2.75, 3.05) is 4.90 Å². The molecule has 49 heavy (non-hydrogen) atoms. The van der Waals surface area contributed by atoms with Crippen molar-refractivity contribution in [1.29, 1.82) is 5.41 Å². The molecule has 8 heteroatoms.